The number of hydrogen-bond acceptors (Lipinski definition) is 3. The van der Waals surface area contributed by atoms with Crippen molar-refractivity contribution >= 4 is 11.6 Å². The Morgan fingerprint density at radius 1 is 1.38 bits per heavy atom. The van der Waals surface area contributed by atoms with Gasteiger partial charge in [0.1, 0.15) is 5.69 Å². The van der Waals surface area contributed by atoms with E-state index in [1.54, 1.807) is 0 Å². The van der Waals surface area contributed by atoms with Crippen LogP contribution in [0.1, 0.15) is 32.3 Å². The van der Waals surface area contributed by atoms with Crippen LogP contribution in [-0.2, 0) is 11.0 Å². The first-order chi connectivity index (χ1) is 11.2. The van der Waals surface area contributed by atoms with E-state index in [0.29, 0.717) is 31.0 Å². The number of carbonyl (C=O) groups excluding carboxylic acids is 1. The van der Waals surface area contributed by atoms with Crippen molar-refractivity contribution in [3.63, 3.8) is 0 Å². The molecule has 1 saturated heterocycles. The highest BCUT2D eigenvalue weighted by atomic mass is 19.4. The van der Waals surface area contributed by atoms with Gasteiger partial charge in [0.05, 0.1) is 5.56 Å². The molecule has 0 aromatic carbocycles. The fourth-order valence-corrected chi connectivity index (χ4v) is 2.87. The largest absolute Gasteiger partial charge is 0.417 e. The molecule has 2 N–H and O–H groups in total. The number of H-pyrrole nitrogens is 1. The predicted molar refractivity (Wildman–Crippen MR) is 84.7 cm³/mol. The fraction of sp³-hybridized carbons (Fsp3) is 0.625. The predicted octanol–water partition coefficient (Wildman–Crippen LogP) is 2.70. The fourth-order valence-electron chi connectivity index (χ4n) is 2.87. The Morgan fingerprint density at radius 2 is 2.00 bits per heavy atom. The van der Waals surface area contributed by atoms with Crippen LogP contribution in [0.2, 0.25) is 0 Å². The molecule has 0 unspecified atom stereocenters. The molecule has 2 heterocycles. The SMILES string of the molecule is CC(C)CN1CCC(C(=O)Nc2cc(C(F)(F)F)c[nH]c2=O)CC1. The zero-order chi connectivity index (χ0) is 17.9. The zero-order valence-electron chi connectivity index (χ0n) is 13.7. The lowest BCUT2D eigenvalue weighted by atomic mass is 9.95. The first-order valence-electron chi connectivity index (χ1n) is 8.00. The summed E-state index contributed by atoms with van der Waals surface area (Å²) >= 11 is 0. The van der Waals surface area contributed by atoms with Gasteiger partial charge in [0.25, 0.3) is 5.56 Å². The van der Waals surface area contributed by atoms with Crippen molar-refractivity contribution in [2.75, 3.05) is 25.0 Å². The van der Waals surface area contributed by atoms with Gasteiger partial charge in [-0.25, -0.2) is 0 Å². The van der Waals surface area contributed by atoms with Gasteiger partial charge in [0, 0.05) is 18.7 Å². The van der Waals surface area contributed by atoms with E-state index in [1.165, 1.54) is 0 Å². The van der Waals surface area contributed by atoms with E-state index < -0.39 is 23.2 Å². The molecule has 0 bridgehead atoms. The molecular formula is C16H22F3N3O2. The van der Waals surface area contributed by atoms with Crippen LogP contribution in [0.3, 0.4) is 0 Å². The Bertz CT molecular complexity index is 632. The summed E-state index contributed by atoms with van der Waals surface area (Å²) in [6.45, 7) is 6.75. The summed E-state index contributed by atoms with van der Waals surface area (Å²) in [6, 6.07) is 0.671. The number of aromatic amines is 1. The zero-order valence-corrected chi connectivity index (χ0v) is 13.7. The Morgan fingerprint density at radius 3 is 2.54 bits per heavy atom. The molecular weight excluding hydrogens is 323 g/mol. The molecule has 0 spiro atoms. The lowest BCUT2D eigenvalue weighted by Crippen LogP contribution is -2.40. The quantitative estimate of drug-likeness (QED) is 0.882. The van der Waals surface area contributed by atoms with E-state index in [2.05, 4.69) is 24.1 Å². The highest BCUT2D eigenvalue weighted by Crippen LogP contribution is 2.29. The van der Waals surface area contributed by atoms with Crippen LogP contribution in [-0.4, -0.2) is 35.4 Å². The van der Waals surface area contributed by atoms with Crippen LogP contribution in [0.25, 0.3) is 0 Å². The van der Waals surface area contributed by atoms with Crippen molar-refractivity contribution in [3.05, 3.63) is 28.2 Å². The van der Waals surface area contributed by atoms with Crippen LogP contribution in [0.5, 0.6) is 0 Å². The van der Waals surface area contributed by atoms with Crippen LogP contribution in [0, 0.1) is 11.8 Å². The second-order valence-corrected chi connectivity index (χ2v) is 6.59. The molecule has 134 valence electrons. The second-order valence-electron chi connectivity index (χ2n) is 6.59. The lowest BCUT2D eigenvalue weighted by molar-refractivity contribution is -0.137. The number of aromatic nitrogens is 1. The molecule has 0 saturated carbocycles. The Kier molecular flexibility index (Phi) is 5.69. The first kappa shape index (κ1) is 18.5. The average Bonchev–Trinajstić information content (AvgIpc) is 2.48. The summed E-state index contributed by atoms with van der Waals surface area (Å²) in [4.78, 5) is 28.2. The van der Waals surface area contributed by atoms with Crippen molar-refractivity contribution in [2.24, 2.45) is 11.8 Å². The number of alkyl halides is 3. The Labute approximate surface area is 138 Å². The molecule has 0 radical (unpaired) electrons. The lowest BCUT2D eigenvalue weighted by Gasteiger charge is -2.32. The number of piperidine rings is 1. The second kappa shape index (κ2) is 7.38. The monoisotopic (exact) mass is 345 g/mol. The van der Waals surface area contributed by atoms with E-state index in [9.17, 15) is 22.8 Å². The van der Waals surface area contributed by atoms with Gasteiger partial charge in [0.2, 0.25) is 5.91 Å². The van der Waals surface area contributed by atoms with E-state index in [0.717, 1.165) is 19.6 Å². The number of amides is 1. The summed E-state index contributed by atoms with van der Waals surface area (Å²) in [5.41, 5.74) is -2.10. The number of likely N-dealkylation sites (tertiary alicyclic amines) is 1. The molecule has 5 nitrogen and oxygen atoms in total. The number of nitrogens with one attached hydrogen (secondary N) is 2. The molecule has 0 aliphatic carbocycles. The van der Waals surface area contributed by atoms with Crippen LogP contribution < -0.4 is 10.9 Å². The van der Waals surface area contributed by atoms with Crippen LogP contribution in [0.15, 0.2) is 17.1 Å². The maximum atomic E-state index is 12.7. The van der Waals surface area contributed by atoms with Crippen molar-refractivity contribution in [3.8, 4) is 0 Å². The highest BCUT2D eigenvalue weighted by Gasteiger charge is 2.32. The topological polar surface area (TPSA) is 65.2 Å². The third kappa shape index (κ3) is 4.83. The van der Waals surface area contributed by atoms with Gasteiger partial charge < -0.3 is 15.2 Å². The third-order valence-electron chi connectivity index (χ3n) is 4.07. The van der Waals surface area contributed by atoms with Gasteiger partial charge in [-0.1, -0.05) is 13.8 Å². The van der Waals surface area contributed by atoms with Crippen molar-refractivity contribution < 1.29 is 18.0 Å². The summed E-state index contributed by atoms with van der Waals surface area (Å²) in [7, 11) is 0. The van der Waals surface area contributed by atoms with Gasteiger partial charge in [-0.05, 0) is 37.9 Å². The van der Waals surface area contributed by atoms with Gasteiger partial charge >= 0.3 is 6.18 Å². The number of halogens is 3. The summed E-state index contributed by atoms with van der Waals surface area (Å²) in [5, 5.41) is 2.35. The molecule has 1 aliphatic rings. The summed E-state index contributed by atoms with van der Waals surface area (Å²) in [6.07, 6.45) is -2.71. The van der Waals surface area contributed by atoms with Crippen LogP contribution >= 0.6 is 0 Å². The Balaban J connectivity index is 1.99. The number of carbonyl (C=O) groups is 1. The average molecular weight is 345 g/mol. The minimum atomic E-state index is -4.58. The minimum Gasteiger partial charge on any atom is -0.327 e. The van der Waals surface area contributed by atoms with Gasteiger partial charge in [-0.2, -0.15) is 13.2 Å². The number of pyridine rings is 1. The molecule has 1 amide bonds. The number of anilines is 1. The van der Waals surface area contributed by atoms with Crippen molar-refractivity contribution in [1.29, 1.82) is 0 Å². The van der Waals surface area contributed by atoms with Gasteiger partial charge in [-0.15, -0.1) is 0 Å². The van der Waals surface area contributed by atoms with E-state index >= 15 is 0 Å². The van der Waals surface area contributed by atoms with E-state index in [4.69, 9.17) is 0 Å². The molecule has 8 heteroatoms. The normalized spacial score (nSPS) is 17.2. The van der Waals surface area contributed by atoms with Gasteiger partial charge in [-0.3, -0.25) is 9.59 Å². The third-order valence-corrected chi connectivity index (χ3v) is 4.07. The maximum absolute atomic E-state index is 12.7. The molecule has 1 aromatic heterocycles. The minimum absolute atomic E-state index is 0.289. The van der Waals surface area contributed by atoms with Crippen molar-refractivity contribution in [2.45, 2.75) is 32.9 Å². The summed E-state index contributed by atoms with van der Waals surface area (Å²) in [5.74, 6) is -0.148. The molecule has 1 aromatic rings. The molecule has 2 rings (SSSR count). The number of hydrogen-bond donors (Lipinski definition) is 2. The smallest absolute Gasteiger partial charge is 0.327 e. The summed E-state index contributed by atoms with van der Waals surface area (Å²) < 4.78 is 38.1. The standard InChI is InChI=1S/C16H22F3N3O2/c1-10(2)9-22-5-3-11(4-6-22)14(23)21-13-7-12(16(17,18)19)8-20-15(13)24/h7-8,10-11H,3-6,9H2,1-2H3,(H,20,24)(H,21,23). The van der Waals surface area contributed by atoms with Gasteiger partial charge in [0.15, 0.2) is 0 Å². The molecule has 1 aliphatic heterocycles. The van der Waals surface area contributed by atoms with E-state index in [-0.39, 0.29) is 11.6 Å². The van der Waals surface area contributed by atoms with Crippen LogP contribution in [0.4, 0.5) is 18.9 Å². The highest BCUT2D eigenvalue weighted by molar-refractivity contribution is 5.92. The number of nitrogens with zero attached hydrogens (tertiary/aromatic N) is 1. The molecule has 0 atom stereocenters. The first-order valence-corrected chi connectivity index (χ1v) is 8.00. The van der Waals surface area contributed by atoms with E-state index in [1.807, 2.05) is 4.98 Å². The number of rotatable bonds is 4. The Hall–Kier alpha value is -1.83. The molecule has 1 fully saturated rings. The molecule has 24 heavy (non-hydrogen) atoms. The van der Waals surface area contributed by atoms with Crippen molar-refractivity contribution in [1.82, 2.24) is 9.88 Å². The maximum Gasteiger partial charge on any atom is 0.417 e.